The first-order valence-electron chi connectivity index (χ1n) is 17.3. The molecule has 0 bridgehead atoms. The second kappa shape index (κ2) is 19.6. The van der Waals surface area contributed by atoms with E-state index in [1.807, 2.05) is 38.1 Å². The van der Waals surface area contributed by atoms with Crippen LogP contribution in [0, 0.1) is 0 Å². The third-order valence-corrected chi connectivity index (χ3v) is 8.07. The van der Waals surface area contributed by atoms with Crippen molar-refractivity contribution in [2.24, 2.45) is 0 Å². The molecule has 0 amide bonds. The molecule has 0 aromatic carbocycles. The van der Waals surface area contributed by atoms with Crippen molar-refractivity contribution >= 4 is 11.6 Å². The third kappa shape index (κ3) is 10.3. The van der Waals surface area contributed by atoms with Gasteiger partial charge in [0.25, 0.3) is 0 Å². The number of nitrogens with zero attached hydrogens (tertiary/aromatic N) is 5. The highest BCUT2D eigenvalue weighted by atomic mass is 16.7. The first-order valence-corrected chi connectivity index (χ1v) is 17.3. The number of Topliss-reactive ketones (excluding diaryl/α,β-unsaturated/α-hetero) is 2. The molecule has 54 heavy (non-hydrogen) atoms. The van der Waals surface area contributed by atoms with Gasteiger partial charge in [0.2, 0.25) is 17.5 Å². The van der Waals surface area contributed by atoms with Gasteiger partial charge < -0.3 is 42.8 Å². The average Bonchev–Trinajstić information content (AvgIpc) is 3.95. The molecule has 4 aromatic heterocycles. The van der Waals surface area contributed by atoms with Crippen LogP contribution >= 0.6 is 0 Å². The predicted octanol–water partition coefficient (Wildman–Crippen LogP) is 5.46. The fourth-order valence-corrected chi connectivity index (χ4v) is 5.46. The number of hydrogen-bond acceptors (Lipinski definition) is 15. The van der Waals surface area contributed by atoms with Crippen molar-refractivity contribution in [1.29, 1.82) is 0 Å². The van der Waals surface area contributed by atoms with Gasteiger partial charge in [-0.15, -0.1) is 0 Å². The molecule has 0 radical (unpaired) electrons. The summed E-state index contributed by atoms with van der Waals surface area (Å²) in [6, 6.07) is 10.7. The van der Waals surface area contributed by atoms with Crippen LogP contribution < -0.4 is 18.9 Å². The minimum Gasteiger partial charge on any atom is -0.487 e. The monoisotopic (exact) mass is 743 g/mol. The molecule has 0 unspecified atom stereocenters. The van der Waals surface area contributed by atoms with Crippen LogP contribution in [0.4, 0.5) is 0 Å². The van der Waals surface area contributed by atoms with Crippen LogP contribution in [-0.2, 0) is 32.2 Å². The van der Waals surface area contributed by atoms with Crippen molar-refractivity contribution in [2.75, 3.05) is 54.7 Å². The number of ketones is 2. The number of aromatic nitrogens is 4. The van der Waals surface area contributed by atoms with E-state index in [2.05, 4.69) is 19.9 Å². The lowest BCUT2D eigenvalue weighted by Crippen LogP contribution is -2.13. The molecule has 2 aliphatic rings. The zero-order valence-corrected chi connectivity index (χ0v) is 31.3. The van der Waals surface area contributed by atoms with Crippen molar-refractivity contribution in [3.63, 3.8) is 0 Å². The summed E-state index contributed by atoms with van der Waals surface area (Å²) in [5.41, 5.74) is 4.19. The van der Waals surface area contributed by atoms with E-state index in [1.165, 1.54) is 0 Å². The first-order chi connectivity index (χ1) is 26.2. The molecule has 2 saturated heterocycles. The van der Waals surface area contributed by atoms with Gasteiger partial charge in [-0.05, 0) is 19.1 Å². The SMILES string of the molecule is CCC(=O)c1ncccc1COc1cnc(OC)cc1C1OCCO1.COc1cc(C2OCCO2)c(OCc2cccnc2C(=O)/C(C)=C/N(C)C)cn1. The molecule has 2 fully saturated rings. The van der Waals surface area contributed by atoms with Crippen molar-refractivity contribution in [3.8, 4) is 23.3 Å². The fraction of sp³-hybridized carbons (Fsp3) is 0.385. The van der Waals surface area contributed by atoms with E-state index >= 15 is 0 Å². The molecule has 0 saturated carbocycles. The Morgan fingerprint density at radius 2 is 1.22 bits per heavy atom. The smallest absolute Gasteiger partial charge is 0.213 e. The molecular weight excluding hydrogens is 698 g/mol. The van der Waals surface area contributed by atoms with Gasteiger partial charge in [-0.2, -0.15) is 0 Å². The number of ether oxygens (including phenoxy) is 8. The van der Waals surface area contributed by atoms with E-state index < -0.39 is 12.6 Å². The number of rotatable bonds is 15. The Morgan fingerprint density at radius 3 is 1.67 bits per heavy atom. The molecule has 15 heteroatoms. The molecule has 0 N–H and O–H groups in total. The second-order valence-corrected chi connectivity index (χ2v) is 12.2. The predicted molar refractivity (Wildman–Crippen MR) is 194 cm³/mol. The zero-order chi connectivity index (χ0) is 38.5. The topological polar surface area (TPSA) is 163 Å². The minimum atomic E-state index is -0.540. The van der Waals surface area contributed by atoms with E-state index in [1.54, 1.807) is 76.4 Å². The zero-order valence-electron chi connectivity index (χ0n) is 31.3. The van der Waals surface area contributed by atoms with E-state index in [0.29, 0.717) is 89.8 Å². The summed E-state index contributed by atoms with van der Waals surface area (Å²) in [4.78, 5) is 43.5. The lowest BCUT2D eigenvalue weighted by molar-refractivity contribution is -0.0463. The van der Waals surface area contributed by atoms with Crippen LogP contribution in [0.1, 0.15) is 76.1 Å². The Balaban J connectivity index is 0.000000210. The van der Waals surface area contributed by atoms with Crippen LogP contribution in [-0.4, -0.2) is 91.1 Å². The van der Waals surface area contributed by atoms with Gasteiger partial charge in [0.15, 0.2) is 18.4 Å². The molecule has 2 aliphatic heterocycles. The molecule has 4 aromatic rings. The Hall–Kier alpha value is -5.48. The standard InChI is InChI=1S/C21H25N3O5.C18H20N2O5/c1-14(12-24(2)3)20(25)19-15(6-5-7-22-19)13-29-17-11-23-18(26-4)10-16(17)21-27-8-9-28-21;1-3-14(21)17-12(5-4-6-19-17)11-25-15-10-20-16(22-2)9-13(15)18-23-7-8-24-18/h5-7,10-12,21H,8-9,13H2,1-4H3;4-6,9-10,18H,3,7-8,11H2,1-2H3/b14-12+;. The lowest BCUT2D eigenvalue weighted by atomic mass is 10.1. The number of hydrogen-bond donors (Lipinski definition) is 0. The Bertz CT molecular complexity index is 1910. The molecule has 0 spiro atoms. The molecule has 286 valence electrons. The molecule has 0 atom stereocenters. The van der Waals surface area contributed by atoms with E-state index in [9.17, 15) is 9.59 Å². The Labute approximate surface area is 314 Å². The maximum Gasteiger partial charge on any atom is 0.213 e. The number of methoxy groups -OCH3 is 2. The minimum absolute atomic E-state index is 0.0188. The fourth-order valence-electron chi connectivity index (χ4n) is 5.46. The summed E-state index contributed by atoms with van der Waals surface area (Å²) in [7, 11) is 6.82. The maximum atomic E-state index is 12.8. The average molecular weight is 744 g/mol. The summed E-state index contributed by atoms with van der Waals surface area (Å²) in [5, 5.41) is 0. The normalized spacial score (nSPS) is 14.6. The van der Waals surface area contributed by atoms with E-state index in [-0.39, 0.29) is 24.8 Å². The van der Waals surface area contributed by atoms with Crippen molar-refractivity contribution < 1.29 is 47.5 Å². The van der Waals surface area contributed by atoms with Gasteiger partial charge in [0.05, 0.1) is 64.2 Å². The van der Waals surface area contributed by atoms with Crippen molar-refractivity contribution in [3.05, 3.63) is 107 Å². The highest BCUT2D eigenvalue weighted by Crippen LogP contribution is 2.35. The second-order valence-electron chi connectivity index (χ2n) is 12.2. The van der Waals surface area contributed by atoms with Gasteiger partial charge in [-0.25, -0.2) is 9.97 Å². The van der Waals surface area contributed by atoms with Gasteiger partial charge in [-0.1, -0.05) is 19.1 Å². The van der Waals surface area contributed by atoms with Crippen LogP contribution in [0.3, 0.4) is 0 Å². The summed E-state index contributed by atoms with van der Waals surface area (Å²) in [6.45, 7) is 5.98. The van der Waals surface area contributed by atoms with Crippen LogP contribution in [0.5, 0.6) is 23.3 Å². The summed E-state index contributed by atoms with van der Waals surface area (Å²) in [6.07, 6.45) is 7.43. The van der Waals surface area contributed by atoms with Crippen LogP contribution in [0.25, 0.3) is 0 Å². The summed E-state index contributed by atoms with van der Waals surface area (Å²) >= 11 is 0. The van der Waals surface area contributed by atoms with Gasteiger partial charge in [0, 0.05) is 67.9 Å². The molecule has 0 aliphatic carbocycles. The number of carbonyl (C=O) groups excluding carboxylic acids is 2. The number of pyridine rings is 4. The van der Waals surface area contributed by atoms with Gasteiger partial charge in [-0.3, -0.25) is 19.6 Å². The number of carbonyl (C=O) groups is 2. The highest BCUT2D eigenvalue weighted by molar-refractivity contribution is 6.07. The number of allylic oxidation sites excluding steroid dienone is 1. The molecule has 6 heterocycles. The van der Waals surface area contributed by atoms with Crippen LogP contribution in [0.15, 0.2) is 73.0 Å². The van der Waals surface area contributed by atoms with Gasteiger partial charge in [0.1, 0.15) is 36.1 Å². The van der Waals surface area contributed by atoms with Crippen molar-refractivity contribution in [1.82, 2.24) is 24.8 Å². The summed E-state index contributed by atoms with van der Waals surface area (Å²) < 4.78 is 44.6. The maximum absolute atomic E-state index is 12.8. The van der Waals surface area contributed by atoms with E-state index in [0.717, 1.165) is 5.56 Å². The van der Waals surface area contributed by atoms with Gasteiger partial charge >= 0.3 is 0 Å². The first kappa shape index (κ1) is 39.7. The molecule has 15 nitrogen and oxygen atoms in total. The largest absolute Gasteiger partial charge is 0.487 e. The lowest BCUT2D eigenvalue weighted by Gasteiger charge is -2.17. The molecular formula is C39H45N5O10. The Kier molecular flexibility index (Phi) is 14.4. The Morgan fingerprint density at radius 1 is 0.759 bits per heavy atom. The third-order valence-electron chi connectivity index (χ3n) is 8.07. The highest BCUT2D eigenvalue weighted by Gasteiger charge is 2.26. The molecule has 6 rings (SSSR count). The van der Waals surface area contributed by atoms with E-state index in [4.69, 9.17) is 37.9 Å². The van der Waals surface area contributed by atoms with Crippen molar-refractivity contribution in [2.45, 2.75) is 46.1 Å². The van der Waals surface area contributed by atoms with Crippen LogP contribution in [0.2, 0.25) is 0 Å². The summed E-state index contributed by atoms with van der Waals surface area (Å²) in [5.74, 6) is 1.74. The quantitative estimate of drug-likeness (QED) is 0.111.